The lowest BCUT2D eigenvalue weighted by molar-refractivity contribution is 0.137. The number of carbonyl (C=O) groups excluding carboxylic acids is 1. The van der Waals surface area contributed by atoms with Crippen molar-refractivity contribution >= 4 is 22.5 Å². The summed E-state index contributed by atoms with van der Waals surface area (Å²) in [5, 5.41) is 12.5. The molecule has 3 heterocycles. The SMILES string of the molecule is CC(C)c1nnc(NC(=O)N2CCN(Cc3ccco3)CC2)s1. The van der Waals surface area contributed by atoms with E-state index >= 15 is 0 Å². The number of hydrogen-bond donors (Lipinski definition) is 1. The summed E-state index contributed by atoms with van der Waals surface area (Å²) in [6, 6.07) is 3.77. The van der Waals surface area contributed by atoms with Crippen molar-refractivity contribution in [3.63, 3.8) is 0 Å². The standard InChI is InChI=1S/C15H21N5O2S/c1-11(2)13-17-18-14(23-13)16-15(21)20-7-5-19(6-8-20)10-12-4-3-9-22-12/h3-4,9,11H,5-8,10H2,1-2H3,(H,16,18,21). The average Bonchev–Trinajstić information content (AvgIpc) is 3.19. The highest BCUT2D eigenvalue weighted by molar-refractivity contribution is 7.15. The molecule has 0 radical (unpaired) electrons. The lowest BCUT2D eigenvalue weighted by Crippen LogP contribution is -2.49. The summed E-state index contributed by atoms with van der Waals surface area (Å²) in [5.41, 5.74) is 0. The molecule has 0 atom stereocenters. The van der Waals surface area contributed by atoms with Gasteiger partial charge in [0.2, 0.25) is 5.13 Å². The molecule has 7 nitrogen and oxygen atoms in total. The van der Waals surface area contributed by atoms with Crippen LogP contribution in [0.25, 0.3) is 0 Å². The first kappa shape index (κ1) is 15.9. The minimum absolute atomic E-state index is 0.103. The predicted octanol–water partition coefficient (Wildman–Crippen LogP) is 2.60. The molecule has 3 rings (SSSR count). The molecule has 1 saturated heterocycles. The van der Waals surface area contributed by atoms with E-state index in [1.165, 1.54) is 11.3 Å². The van der Waals surface area contributed by atoms with Crippen LogP contribution in [-0.4, -0.2) is 52.2 Å². The molecule has 2 aromatic rings. The van der Waals surface area contributed by atoms with Gasteiger partial charge in [-0.15, -0.1) is 10.2 Å². The molecular weight excluding hydrogens is 314 g/mol. The van der Waals surface area contributed by atoms with Gasteiger partial charge >= 0.3 is 6.03 Å². The number of anilines is 1. The van der Waals surface area contributed by atoms with Gasteiger partial charge < -0.3 is 9.32 Å². The Labute approximate surface area is 139 Å². The van der Waals surface area contributed by atoms with Gasteiger partial charge in [0.05, 0.1) is 12.8 Å². The molecule has 1 aliphatic heterocycles. The molecular formula is C15H21N5O2S. The molecule has 0 spiro atoms. The third kappa shape index (κ3) is 4.08. The van der Waals surface area contributed by atoms with Crippen LogP contribution < -0.4 is 5.32 Å². The molecule has 0 aromatic carbocycles. The highest BCUT2D eigenvalue weighted by atomic mass is 32.1. The Kier molecular flexibility index (Phi) is 4.92. The van der Waals surface area contributed by atoms with Crippen LogP contribution in [0, 0.1) is 0 Å². The fourth-order valence-corrected chi connectivity index (χ4v) is 3.16. The van der Waals surface area contributed by atoms with Crippen LogP contribution in [-0.2, 0) is 6.54 Å². The van der Waals surface area contributed by atoms with Crippen molar-refractivity contribution in [3.05, 3.63) is 29.2 Å². The maximum atomic E-state index is 12.3. The second-order valence-corrected chi connectivity index (χ2v) is 6.88. The number of aromatic nitrogens is 2. The van der Waals surface area contributed by atoms with E-state index in [4.69, 9.17) is 4.42 Å². The van der Waals surface area contributed by atoms with E-state index in [9.17, 15) is 4.79 Å². The molecule has 8 heteroatoms. The van der Waals surface area contributed by atoms with Crippen molar-refractivity contribution < 1.29 is 9.21 Å². The second kappa shape index (κ2) is 7.10. The Morgan fingerprint density at radius 3 is 2.74 bits per heavy atom. The Bertz CT molecular complexity index is 632. The van der Waals surface area contributed by atoms with Crippen LogP contribution in [0.4, 0.5) is 9.93 Å². The lowest BCUT2D eigenvalue weighted by atomic mass is 10.2. The number of rotatable bonds is 4. The predicted molar refractivity (Wildman–Crippen MR) is 88.6 cm³/mol. The first-order valence-electron chi connectivity index (χ1n) is 7.76. The minimum Gasteiger partial charge on any atom is -0.468 e. The Hall–Kier alpha value is -1.93. The van der Waals surface area contributed by atoms with Gasteiger partial charge in [-0.1, -0.05) is 25.2 Å². The smallest absolute Gasteiger partial charge is 0.323 e. The zero-order valence-electron chi connectivity index (χ0n) is 13.4. The zero-order chi connectivity index (χ0) is 16.2. The molecule has 1 N–H and O–H groups in total. The first-order chi connectivity index (χ1) is 11.1. The Morgan fingerprint density at radius 2 is 2.13 bits per heavy atom. The number of hydrogen-bond acceptors (Lipinski definition) is 6. The summed E-state index contributed by atoms with van der Waals surface area (Å²) in [4.78, 5) is 16.4. The molecule has 1 aliphatic rings. The largest absolute Gasteiger partial charge is 0.468 e. The van der Waals surface area contributed by atoms with Crippen LogP contribution in [0.15, 0.2) is 22.8 Å². The fraction of sp³-hybridized carbons (Fsp3) is 0.533. The van der Waals surface area contributed by atoms with Crippen molar-refractivity contribution in [1.82, 2.24) is 20.0 Å². The van der Waals surface area contributed by atoms with Crippen LogP contribution in [0.2, 0.25) is 0 Å². The number of amides is 2. The number of piperazine rings is 1. The van der Waals surface area contributed by atoms with Gasteiger partial charge in [0.1, 0.15) is 10.8 Å². The van der Waals surface area contributed by atoms with Crippen LogP contribution in [0.3, 0.4) is 0 Å². The number of nitrogens with zero attached hydrogens (tertiary/aromatic N) is 4. The summed E-state index contributed by atoms with van der Waals surface area (Å²) in [5.74, 6) is 1.28. The van der Waals surface area contributed by atoms with Gasteiger partial charge in [-0.05, 0) is 12.1 Å². The molecule has 124 valence electrons. The van der Waals surface area contributed by atoms with E-state index < -0.39 is 0 Å². The second-order valence-electron chi connectivity index (χ2n) is 5.87. The molecule has 2 amide bonds. The van der Waals surface area contributed by atoms with Gasteiger partial charge in [-0.3, -0.25) is 10.2 Å². The van der Waals surface area contributed by atoms with Crippen LogP contribution >= 0.6 is 11.3 Å². The van der Waals surface area contributed by atoms with Crippen molar-refractivity contribution in [2.45, 2.75) is 26.3 Å². The first-order valence-corrected chi connectivity index (χ1v) is 8.57. The molecule has 0 unspecified atom stereocenters. The van der Waals surface area contributed by atoms with Crippen molar-refractivity contribution in [2.24, 2.45) is 0 Å². The summed E-state index contributed by atoms with van der Waals surface area (Å²) in [7, 11) is 0. The van der Waals surface area contributed by atoms with E-state index in [-0.39, 0.29) is 6.03 Å². The van der Waals surface area contributed by atoms with Gasteiger partial charge in [-0.2, -0.15) is 0 Å². The molecule has 0 bridgehead atoms. The lowest BCUT2D eigenvalue weighted by Gasteiger charge is -2.33. The highest BCUT2D eigenvalue weighted by Gasteiger charge is 2.22. The number of nitrogens with one attached hydrogen (secondary N) is 1. The number of carbonyl (C=O) groups is 1. The zero-order valence-corrected chi connectivity index (χ0v) is 14.2. The fourth-order valence-electron chi connectivity index (χ4n) is 2.42. The maximum Gasteiger partial charge on any atom is 0.323 e. The summed E-state index contributed by atoms with van der Waals surface area (Å²) < 4.78 is 5.36. The van der Waals surface area contributed by atoms with Crippen molar-refractivity contribution in [1.29, 1.82) is 0 Å². The summed E-state index contributed by atoms with van der Waals surface area (Å²) in [6.45, 7) is 7.97. The average molecular weight is 335 g/mol. The number of urea groups is 1. The Balaban J connectivity index is 1.47. The molecule has 0 saturated carbocycles. The van der Waals surface area contributed by atoms with E-state index in [2.05, 4.69) is 34.3 Å². The third-order valence-corrected chi connectivity index (χ3v) is 4.91. The van der Waals surface area contributed by atoms with Crippen LogP contribution in [0.1, 0.15) is 30.5 Å². The van der Waals surface area contributed by atoms with Gasteiger partial charge in [-0.25, -0.2) is 4.79 Å². The summed E-state index contributed by atoms with van der Waals surface area (Å²) in [6.07, 6.45) is 1.69. The monoisotopic (exact) mass is 335 g/mol. The summed E-state index contributed by atoms with van der Waals surface area (Å²) >= 11 is 1.43. The quantitative estimate of drug-likeness (QED) is 0.929. The van der Waals surface area contributed by atoms with Gasteiger partial charge in [0.15, 0.2) is 0 Å². The topological polar surface area (TPSA) is 74.5 Å². The van der Waals surface area contributed by atoms with Gasteiger partial charge in [0.25, 0.3) is 0 Å². The van der Waals surface area contributed by atoms with E-state index in [0.717, 1.165) is 30.4 Å². The molecule has 0 aliphatic carbocycles. The van der Waals surface area contributed by atoms with Crippen molar-refractivity contribution in [3.8, 4) is 0 Å². The minimum atomic E-state index is -0.103. The van der Waals surface area contributed by atoms with Gasteiger partial charge in [0, 0.05) is 32.1 Å². The molecule has 23 heavy (non-hydrogen) atoms. The third-order valence-electron chi connectivity index (χ3n) is 3.77. The number of furan rings is 1. The van der Waals surface area contributed by atoms with E-state index in [1.54, 1.807) is 6.26 Å². The normalized spacial score (nSPS) is 16.0. The van der Waals surface area contributed by atoms with E-state index in [0.29, 0.717) is 24.1 Å². The maximum absolute atomic E-state index is 12.3. The molecule has 2 aromatic heterocycles. The Morgan fingerprint density at radius 1 is 1.35 bits per heavy atom. The highest BCUT2D eigenvalue weighted by Crippen LogP contribution is 2.22. The van der Waals surface area contributed by atoms with Crippen molar-refractivity contribution in [2.75, 3.05) is 31.5 Å². The van der Waals surface area contributed by atoms with E-state index in [1.807, 2.05) is 17.0 Å². The van der Waals surface area contributed by atoms with Crippen LogP contribution in [0.5, 0.6) is 0 Å². The molecule has 1 fully saturated rings.